The first-order chi connectivity index (χ1) is 13.0. The summed E-state index contributed by atoms with van der Waals surface area (Å²) in [7, 11) is 0. The Morgan fingerprint density at radius 3 is 2.56 bits per heavy atom. The number of thioether (sulfide) groups is 1. The number of carbonyl (C=O) groups is 3. The van der Waals surface area contributed by atoms with Crippen molar-refractivity contribution in [1.82, 2.24) is 0 Å². The third-order valence-corrected chi connectivity index (χ3v) is 4.75. The summed E-state index contributed by atoms with van der Waals surface area (Å²) >= 11 is 7.15. The predicted octanol–water partition coefficient (Wildman–Crippen LogP) is 4.14. The Morgan fingerprint density at radius 2 is 1.85 bits per heavy atom. The van der Waals surface area contributed by atoms with Crippen molar-refractivity contribution in [3.05, 3.63) is 59.1 Å². The number of anilines is 1. The van der Waals surface area contributed by atoms with E-state index in [1.165, 1.54) is 11.8 Å². The molecular weight excluding hydrogens is 386 g/mol. The lowest BCUT2D eigenvalue weighted by atomic mass is 10.1. The standard InChI is InChI=1S/C20H20ClNO4S/c1-2-26-20(25)12-17(23)13-27-18-5-3-4-16(11-18)22-19(24)10-14-6-8-15(21)9-7-14/h3-9,11H,2,10,12-13H2,1H3,(H,22,24). The number of ether oxygens (including phenoxy) is 1. The largest absolute Gasteiger partial charge is 0.466 e. The molecule has 2 rings (SSSR count). The number of halogens is 1. The molecule has 1 amide bonds. The lowest BCUT2D eigenvalue weighted by molar-refractivity contribution is -0.145. The molecule has 1 N–H and O–H groups in total. The smallest absolute Gasteiger partial charge is 0.313 e. The maximum Gasteiger partial charge on any atom is 0.313 e. The van der Waals surface area contributed by atoms with Crippen molar-refractivity contribution in [1.29, 1.82) is 0 Å². The fourth-order valence-electron chi connectivity index (χ4n) is 2.24. The zero-order valence-electron chi connectivity index (χ0n) is 14.9. The summed E-state index contributed by atoms with van der Waals surface area (Å²) in [4.78, 5) is 36.1. The number of Topliss-reactive ketones (excluding diaryl/α,β-unsaturated/α-hetero) is 1. The van der Waals surface area contributed by atoms with Crippen LogP contribution in [0.3, 0.4) is 0 Å². The molecule has 5 nitrogen and oxygen atoms in total. The molecule has 0 aromatic heterocycles. The first kappa shape index (κ1) is 21.0. The molecule has 0 heterocycles. The van der Waals surface area contributed by atoms with Crippen molar-refractivity contribution < 1.29 is 19.1 Å². The maximum atomic E-state index is 12.2. The summed E-state index contributed by atoms with van der Waals surface area (Å²) in [5.74, 6) is -0.680. The van der Waals surface area contributed by atoms with Gasteiger partial charge in [-0.05, 0) is 42.8 Å². The predicted molar refractivity (Wildman–Crippen MR) is 107 cm³/mol. The van der Waals surface area contributed by atoms with Crippen LogP contribution in [0.4, 0.5) is 5.69 Å². The molecule has 0 aliphatic carbocycles. The van der Waals surface area contributed by atoms with Gasteiger partial charge in [0.25, 0.3) is 0 Å². The van der Waals surface area contributed by atoms with Crippen LogP contribution < -0.4 is 5.32 Å². The van der Waals surface area contributed by atoms with Crippen LogP contribution in [0.5, 0.6) is 0 Å². The van der Waals surface area contributed by atoms with E-state index in [2.05, 4.69) is 5.32 Å². The summed E-state index contributed by atoms with van der Waals surface area (Å²) in [6.45, 7) is 1.96. The van der Waals surface area contributed by atoms with Crippen LogP contribution in [0, 0.1) is 0 Å². The van der Waals surface area contributed by atoms with Crippen LogP contribution in [0.25, 0.3) is 0 Å². The minimum Gasteiger partial charge on any atom is -0.466 e. The number of esters is 1. The van der Waals surface area contributed by atoms with E-state index in [9.17, 15) is 14.4 Å². The summed E-state index contributed by atoms with van der Waals surface area (Å²) in [5.41, 5.74) is 1.52. The first-order valence-corrected chi connectivity index (χ1v) is 9.77. The van der Waals surface area contributed by atoms with E-state index in [-0.39, 0.29) is 36.9 Å². The van der Waals surface area contributed by atoms with Gasteiger partial charge in [-0.25, -0.2) is 0 Å². The molecule has 142 valence electrons. The maximum absolute atomic E-state index is 12.2. The fraction of sp³-hybridized carbons (Fsp3) is 0.250. The van der Waals surface area contributed by atoms with Crippen LogP contribution in [0.2, 0.25) is 5.02 Å². The lowest BCUT2D eigenvalue weighted by Crippen LogP contribution is -2.14. The van der Waals surface area contributed by atoms with Crippen LogP contribution in [-0.2, 0) is 25.5 Å². The number of ketones is 1. The summed E-state index contributed by atoms with van der Waals surface area (Å²) in [6.07, 6.45) is 0.0188. The second-order valence-electron chi connectivity index (χ2n) is 5.69. The number of amides is 1. The number of nitrogens with one attached hydrogen (secondary N) is 1. The van der Waals surface area contributed by atoms with E-state index >= 15 is 0 Å². The van der Waals surface area contributed by atoms with E-state index in [1.54, 1.807) is 37.3 Å². The van der Waals surface area contributed by atoms with Gasteiger partial charge in [0, 0.05) is 15.6 Å². The SMILES string of the molecule is CCOC(=O)CC(=O)CSc1cccc(NC(=O)Cc2ccc(Cl)cc2)c1. The Bertz CT molecular complexity index is 808. The lowest BCUT2D eigenvalue weighted by Gasteiger charge is -2.08. The highest BCUT2D eigenvalue weighted by molar-refractivity contribution is 8.00. The van der Waals surface area contributed by atoms with E-state index in [0.717, 1.165) is 10.5 Å². The fourth-order valence-corrected chi connectivity index (χ4v) is 3.19. The average molecular weight is 406 g/mol. The Kier molecular flexibility index (Phi) is 8.36. The monoisotopic (exact) mass is 405 g/mol. The Labute approximate surface area is 167 Å². The van der Waals surface area contributed by atoms with Gasteiger partial charge in [-0.2, -0.15) is 0 Å². The van der Waals surface area contributed by atoms with Crippen molar-refractivity contribution in [3.63, 3.8) is 0 Å². The van der Waals surface area contributed by atoms with E-state index in [1.807, 2.05) is 18.2 Å². The minimum absolute atomic E-state index is 0.141. The van der Waals surface area contributed by atoms with E-state index < -0.39 is 5.97 Å². The molecule has 2 aromatic carbocycles. The topological polar surface area (TPSA) is 72.5 Å². The molecule has 0 aliphatic heterocycles. The van der Waals surface area contributed by atoms with Crippen LogP contribution in [0.15, 0.2) is 53.4 Å². The van der Waals surface area contributed by atoms with E-state index in [0.29, 0.717) is 10.7 Å². The Morgan fingerprint density at radius 1 is 1.11 bits per heavy atom. The molecule has 2 aromatic rings. The second kappa shape index (κ2) is 10.7. The molecule has 27 heavy (non-hydrogen) atoms. The third kappa shape index (κ3) is 7.85. The molecule has 0 saturated heterocycles. The normalized spacial score (nSPS) is 10.3. The highest BCUT2D eigenvalue weighted by atomic mass is 35.5. The molecule has 0 atom stereocenters. The van der Waals surface area contributed by atoms with Crippen molar-refractivity contribution in [2.45, 2.75) is 24.7 Å². The average Bonchev–Trinajstić information content (AvgIpc) is 2.62. The molecule has 7 heteroatoms. The molecular formula is C20H20ClNO4S. The van der Waals surface area contributed by atoms with Gasteiger partial charge in [-0.1, -0.05) is 29.8 Å². The zero-order chi connectivity index (χ0) is 19.6. The quantitative estimate of drug-likeness (QED) is 0.385. The van der Waals surface area contributed by atoms with Gasteiger partial charge >= 0.3 is 5.97 Å². The molecule has 0 fully saturated rings. The third-order valence-electron chi connectivity index (χ3n) is 3.44. The zero-order valence-corrected chi connectivity index (χ0v) is 16.4. The molecule has 0 radical (unpaired) electrons. The van der Waals surface area contributed by atoms with Gasteiger partial charge in [-0.3, -0.25) is 14.4 Å². The van der Waals surface area contributed by atoms with Crippen LogP contribution in [0.1, 0.15) is 18.9 Å². The van der Waals surface area contributed by atoms with Gasteiger partial charge < -0.3 is 10.1 Å². The molecule has 0 spiro atoms. The Balaban J connectivity index is 1.85. The van der Waals surface area contributed by atoms with Gasteiger partial charge in [0.15, 0.2) is 5.78 Å². The van der Waals surface area contributed by atoms with Gasteiger partial charge in [0.2, 0.25) is 5.91 Å². The molecule has 0 aliphatic rings. The number of carbonyl (C=O) groups excluding carboxylic acids is 3. The highest BCUT2D eigenvalue weighted by Crippen LogP contribution is 2.22. The number of benzene rings is 2. The van der Waals surface area contributed by atoms with Crippen molar-refractivity contribution in [2.24, 2.45) is 0 Å². The number of hydrogen-bond acceptors (Lipinski definition) is 5. The highest BCUT2D eigenvalue weighted by Gasteiger charge is 2.11. The van der Waals surface area contributed by atoms with Gasteiger partial charge in [-0.15, -0.1) is 11.8 Å². The molecule has 0 unspecified atom stereocenters. The summed E-state index contributed by atoms with van der Waals surface area (Å²) in [5, 5.41) is 3.46. The molecule has 0 bridgehead atoms. The minimum atomic E-state index is -0.508. The summed E-state index contributed by atoms with van der Waals surface area (Å²) in [6, 6.07) is 14.3. The van der Waals surface area contributed by atoms with Crippen molar-refractivity contribution in [3.8, 4) is 0 Å². The molecule has 0 saturated carbocycles. The Hall–Kier alpha value is -2.31. The second-order valence-corrected chi connectivity index (χ2v) is 7.17. The number of hydrogen-bond donors (Lipinski definition) is 1. The summed E-state index contributed by atoms with van der Waals surface area (Å²) < 4.78 is 4.76. The van der Waals surface area contributed by atoms with Gasteiger partial charge in [0.05, 0.1) is 18.8 Å². The van der Waals surface area contributed by atoms with Crippen LogP contribution in [-0.4, -0.2) is 30.0 Å². The first-order valence-electron chi connectivity index (χ1n) is 8.40. The van der Waals surface area contributed by atoms with Gasteiger partial charge in [0.1, 0.15) is 6.42 Å². The van der Waals surface area contributed by atoms with E-state index in [4.69, 9.17) is 16.3 Å². The number of rotatable bonds is 9. The van der Waals surface area contributed by atoms with Crippen molar-refractivity contribution >= 4 is 46.7 Å². The van der Waals surface area contributed by atoms with Crippen LogP contribution >= 0.6 is 23.4 Å². The van der Waals surface area contributed by atoms with Crippen molar-refractivity contribution in [2.75, 3.05) is 17.7 Å².